The number of fused-ring (bicyclic) bond motifs is 3. The Morgan fingerprint density at radius 2 is 2.07 bits per heavy atom. The van der Waals surface area contributed by atoms with Gasteiger partial charge in [0, 0.05) is 16.8 Å². The summed E-state index contributed by atoms with van der Waals surface area (Å²) in [6.07, 6.45) is 1.28. The maximum atomic E-state index is 10.8. The van der Waals surface area contributed by atoms with Crippen molar-refractivity contribution in [1.82, 2.24) is 15.2 Å². The minimum atomic E-state index is -1.07. The summed E-state index contributed by atoms with van der Waals surface area (Å²) in [6, 6.07) is 12.8. The molecule has 0 aliphatic carbocycles. The van der Waals surface area contributed by atoms with Crippen molar-refractivity contribution >= 4 is 23.4 Å². The molecule has 1 atom stereocenters. The van der Waals surface area contributed by atoms with Crippen LogP contribution in [0.15, 0.2) is 47.6 Å². The van der Waals surface area contributed by atoms with Crippen molar-refractivity contribution in [3.8, 4) is 28.6 Å². The van der Waals surface area contributed by atoms with Crippen LogP contribution in [0.5, 0.6) is 17.4 Å². The van der Waals surface area contributed by atoms with Gasteiger partial charge in [-0.05, 0) is 30.5 Å². The predicted molar refractivity (Wildman–Crippen MR) is 110 cm³/mol. The Hall–Kier alpha value is -3.53. The highest BCUT2D eigenvalue weighted by Gasteiger charge is 2.26. The Labute approximate surface area is 176 Å². The molecular formula is C20H18N4O5S. The number of aliphatic carboxylic acids is 1. The average molecular weight is 426 g/mol. The zero-order valence-electron chi connectivity index (χ0n) is 16.2. The summed E-state index contributed by atoms with van der Waals surface area (Å²) in [5, 5.41) is 21.0. The Kier molecular flexibility index (Phi) is 5.57. The Balaban J connectivity index is 1.73. The van der Waals surface area contributed by atoms with E-state index >= 15 is 0 Å². The van der Waals surface area contributed by atoms with Crippen LogP contribution >= 0.6 is 11.8 Å². The maximum Gasteiger partial charge on any atom is 0.341 e. The van der Waals surface area contributed by atoms with Crippen molar-refractivity contribution < 1.29 is 24.1 Å². The third-order valence-corrected chi connectivity index (χ3v) is 4.90. The van der Waals surface area contributed by atoms with Crippen molar-refractivity contribution in [3.05, 3.63) is 48.0 Å². The standard InChI is InChI=1S/C20H18N4O5S/c1-27-15-9-11(7-8-14(15)28-10-16(25)26)18-21-13-6-4-3-5-12(13)17-19(29-18)23-24-20(22-17)30-2/h3-9,18,21H,10H2,1-2H3,(H,25,26)/t18-/m0/s1. The third kappa shape index (κ3) is 3.94. The van der Waals surface area contributed by atoms with Gasteiger partial charge in [0.15, 0.2) is 24.3 Å². The van der Waals surface area contributed by atoms with Crippen LogP contribution in [0.4, 0.5) is 5.69 Å². The molecule has 1 aromatic heterocycles. The van der Waals surface area contributed by atoms with Gasteiger partial charge in [-0.3, -0.25) is 0 Å². The lowest BCUT2D eigenvalue weighted by Crippen LogP contribution is -2.17. The van der Waals surface area contributed by atoms with Gasteiger partial charge in [-0.15, -0.1) is 10.2 Å². The molecule has 0 saturated heterocycles. The summed E-state index contributed by atoms with van der Waals surface area (Å²) in [7, 11) is 1.48. The second-order valence-electron chi connectivity index (χ2n) is 6.23. The number of para-hydroxylation sites is 1. The first-order chi connectivity index (χ1) is 14.6. The second kappa shape index (κ2) is 8.46. The van der Waals surface area contributed by atoms with Crippen LogP contribution in [0, 0.1) is 0 Å². The first-order valence-electron chi connectivity index (χ1n) is 8.93. The smallest absolute Gasteiger partial charge is 0.341 e. The number of carbonyl (C=O) groups is 1. The summed E-state index contributed by atoms with van der Waals surface area (Å²) in [6.45, 7) is -0.465. The van der Waals surface area contributed by atoms with E-state index in [1.165, 1.54) is 18.9 Å². The van der Waals surface area contributed by atoms with Crippen LogP contribution in [0.3, 0.4) is 0 Å². The number of rotatable bonds is 6. The Morgan fingerprint density at radius 1 is 1.23 bits per heavy atom. The fraction of sp³-hybridized carbons (Fsp3) is 0.200. The quantitative estimate of drug-likeness (QED) is 0.569. The number of nitrogens with zero attached hydrogens (tertiary/aromatic N) is 3. The maximum absolute atomic E-state index is 10.8. The molecule has 0 fully saturated rings. The molecule has 2 aromatic carbocycles. The molecule has 0 saturated carbocycles. The number of benzene rings is 2. The molecule has 0 spiro atoms. The minimum Gasteiger partial charge on any atom is -0.493 e. The van der Waals surface area contributed by atoms with Crippen molar-refractivity contribution in [2.45, 2.75) is 11.4 Å². The largest absolute Gasteiger partial charge is 0.493 e. The molecule has 30 heavy (non-hydrogen) atoms. The number of hydrogen-bond donors (Lipinski definition) is 2. The summed E-state index contributed by atoms with van der Waals surface area (Å²) in [5.74, 6) is -0.0535. The summed E-state index contributed by atoms with van der Waals surface area (Å²) < 4.78 is 16.8. The predicted octanol–water partition coefficient (Wildman–Crippen LogP) is 3.24. The van der Waals surface area contributed by atoms with Gasteiger partial charge in [-0.1, -0.05) is 30.0 Å². The van der Waals surface area contributed by atoms with Gasteiger partial charge in [-0.2, -0.15) is 0 Å². The van der Waals surface area contributed by atoms with E-state index in [2.05, 4.69) is 20.5 Å². The van der Waals surface area contributed by atoms with Crippen molar-refractivity contribution in [2.24, 2.45) is 0 Å². The minimum absolute atomic E-state index is 0.306. The monoisotopic (exact) mass is 426 g/mol. The van der Waals surface area contributed by atoms with Crippen LogP contribution in [-0.2, 0) is 4.79 Å². The number of aromatic nitrogens is 3. The average Bonchev–Trinajstić information content (AvgIpc) is 2.94. The molecule has 4 rings (SSSR count). The summed E-state index contributed by atoms with van der Waals surface area (Å²) >= 11 is 1.40. The van der Waals surface area contributed by atoms with Crippen LogP contribution in [0.1, 0.15) is 11.8 Å². The molecule has 1 aliphatic rings. The van der Waals surface area contributed by atoms with E-state index < -0.39 is 18.8 Å². The number of carboxylic acids is 1. The fourth-order valence-electron chi connectivity index (χ4n) is 3.00. The van der Waals surface area contributed by atoms with Gasteiger partial charge in [0.25, 0.3) is 5.88 Å². The van der Waals surface area contributed by atoms with Crippen molar-refractivity contribution in [3.63, 3.8) is 0 Å². The summed E-state index contributed by atoms with van der Waals surface area (Å²) in [4.78, 5) is 15.4. The van der Waals surface area contributed by atoms with E-state index in [-0.39, 0.29) is 0 Å². The van der Waals surface area contributed by atoms with Crippen LogP contribution in [0.25, 0.3) is 11.3 Å². The normalized spacial score (nSPS) is 14.4. The van der Waals surface area contributed by atoms with Gasteiger partial charge in [-0.25, -0.2) is 9.78 Å². The van der Waals surface area contributed by atoms with E-state index in [0.717, 1.165) is 16.8 Å². The molecule has 0 unspecified atom stereocenters. The second-order valence-corrected chi connectivity index (χ2v) is 7.01. The van der Waals surface area contributed by atoms with Crippen LogP contribution in [0.2, 0.25) is 0 Å². The van der Waals surface area contributed by atoms with Crippen LogP contribution in [-0.4, -0.2) is 46.2 Å². The molecule has 2 N–H and O–H groups in total. The molecule has 1 aliphatic heterocycles. The van der Waals surface area contributed by atoms with Gasteiger partial charge in [0.1, 0.15) is 5.69 Å². The highest BCUT2D eigenvalue weighted by molar-refractivity contribution is 7.98. The number of hydrogen-bond acceptors (Lipinski definition) is 9. The zero-order valence-corrected chi connectivity index (χ0v) is 17.0. The highest BCUT2D eigenvalue weighted by atomic mass is 32.2. The molecular weight excluding hydrogens is 408 g/mol. The lowest BCUT2D eigenvalue weighted by atomic mass is 10.1. The molecule has 0 amide bonds. The first kappa shape index (κ1) is 19.8. The first-order valence-corrected chi connectivity index (χ1v) is 10.2. The molecule has 0 bridgehead atoms. The van der Waals surface area contributed by atoms with Gasteiger partial charge < -0.3 is 24.6 Å². The van der Waals surface area contributed by atoms with Gasteiger partial charge >= 0.3 is 5.97 Å². The van der Waals surface area contributed by atoms with E-state index in [4.69, 9.17) is 19.3 Å². The van der Waals surface area contributed by atoms with Crippen molar-refractivity contribution in [1.29, 1.82) is 0 Å². The number of thioether (sulfide) groups is 1. The Morgan fingerprint density at radius 3 is 2.83 bits per heavy atom. The topological polar surface area (TPSA) is 116 Å². The van der Waals surface area contributed by atoms with E-state index in [9.17, 15) is 4.79 Å². The number of anilines is 1. The van der Waals surface area contributed by atoms with Crippen LogP contribution < -0.4 is 19.5 Å². The Bertz CT molecular complexity index is 1090. The molecule has 154 valence electrons. The molecule has 0 radical (unpaired) electrons. The molecule has 3 aromatic rings. The molecule has 2 heterocycles. The van der Waals surface area contributed by atoms with E-state index in [1.54, 1.807) is 18.2 Å². The molecule has 9 nitrogen and oxygen atoms in total. The zero-order chi connectivity index (χ0) is 21.1. The third-order valence-electron chi connectivity index (χ3n) is 4.36. The van der Waals surface area contributed by atoms with Crippen molar-refractivity contribution in [2.75, 3.05) is 25.3 Å². The lowest BCUT2D eigenvalue weighted by molar-refractivity contribution is -0.139. The number of methoxy groups -OCH3 is 1. The number of carboxylic acid groups (broad SMARTS) is 1. The molecule has 10 heteroatoms. The lowest BCUT2D eigenvalue weighted by Gasteiger charge is -2.20. The highest BCUT2D eigenvalue weighted by Crippen LogP contribution is 2.40. The van der Waals surface area contributed by atoms with Gasteiger partial charge in [0.05, 0.1) is 7.11 Å². The van der Waals surface area contributed by atoms with E-state index in [0.29, 0.717) is 28.2 Å². The van der Waals surface area contributed by atoms with Gasteiger partial charge in [0.2, 0.25) is 5.16 Å². The number of nitrogens with one attached hydrogen (secondary N) is 1. The number of ether oxygens (including phenoxy) is 3. The van der Waals surface area contributed by atoms with E-state index in [1.807, 2.05) is 30.5 Å². The SMILES string of the molecule is COc1cc([C@H]2Nc3ccccc3-c3nc(SC)nnc3O2)ccc1OCC(=O)O. The fourth-order valence-corrected chi connectivity index (χ4v) is 3.30. The summed E-state index contributed by atoms with van der Waals surface area (Å²) in [5.41, 5.74) is 3.02.